The van der Waals surface area contributed by atoms with Crippen LogP contribution >= 0.6 is 12.4 Å². The molecule has 1 saturated carbocycles. The minimum absolute atomic E-state index is 0. The van der Waals surface area contributed by atoms with Crippen LogP contribution in [-0.2, 0) is 11.2 Å². The van der Waals surface area contributed by atoms with Gasteiger partial charge in [0, 0.05) is 37.0 Å². The first kappa shape index (κ1) is 20.3. The molecule has 1 fully saturated rings. The predicted molar refractivity (Wildman–Crippen MR) is 100 cm³/mol. The second-order valence-electron chi connectivity index (χ2n) is 6.43. The van der Waals surface area contributed by atoms with Crippen LogP contribution < -0.4 is 5.73 Å². The maximum Gasteiger partial charge on any atom is 0.226 e. The van der Waals surface area contributed by atoms with Crippen molar-refractivity contribution in [3.8, 4) is 0 Å². The van der Waals surface area contributed by atoms with Gasteiger partial charge in [-0.25, -0.2) is 8.78 Å². The monoisotopic (exact) mass is 380 g/mol. The SMILES string of the molecule is Cl.NCCN(CCc1ccccc1)C(=O)C1CC1c1c(F)cccc1F. The van der Waals surface area contributed by atoms with Crippen LogP contribution in [0.5, 0.6) is 0 Å². The third-order valence-corrected chi connectivity index (χ3v) is 4.70. The van der Waals surface area contributed by atoms with Crippen molar-refractivity contribution < 1.29 is 13.6 Å². The Balaban J connectivity index is 0.00000243. The lowest BCUT2D eigenvalue weighted by Crippen LogP contribution is -2.38. The molecule has 0 saturated heterocycles. The van der Waals surface area contributed by atoms with Gasteiger partial charge in [-0.1, -0.05) is 36.4 Å². The summed E-state index contributed by atoms with van der Waals surface area (Å²) in [5, 5.41) is 0. The zero-order chi connectivity index (χ0) is 17.8. The highest BCUT2D eigenvalue weighted by Crippen LogP contribution is 2.50. The van der Waals surface area contributed by atoms with Crippen LogP contribution in [0.15, 0.2) is 48.5 Å². The fourth-order valence-electron chi connectivity index (χ4n) is 3.28. The average molecular weight is 381 g/mol. The van der Waals surface area contributed by atoms with E-state index in [4.69, 9.17) is 5.73 Å². The molecule has 2 unspecified atom stereocenters. The Kier molecular flexibility index (Phi) is 7.12. The second kappa shape index (κ2) is 9.10. The van der Waals surface area contributed by atoms with Gasteiger partial charge in [-0.2, -0.15) is 0 Å². The smallest absolute Gasteiger partial charge is 0.226 e. The molecule has 6 heteroatoms. The van der Waals surface area contributed by atoms with Crippen LogP contribution in [0.2, 0.25) is 0 Å². The van der Waals surface area contributed by atoms with Gasteiger partial charge in [0.2, 0.25) is 5.91 Å². The highest BCUT2D eigenvalue weighted by Gasteiger charge is 2.47. The van der Waals surface area contributed by atoms with Crippen molar-refractivity contribution in [3.05, 3.63) is 71.3 Å². The average Bonchev–Trinajstić information content (AvgIpc) is 3.39. The lowest BCUT2D eigenvalue weighted by atomic mass is 10.1. The number of nitrogens with zero attached hydrogens (tertiary/aromatic N) is 1. The van der Waals surface area contributed by atoms with E-state index in [1.54, 1.807) is 4.90 Å². The molecular formula is C20H23ClF2N2O. The minimum Gasteiger partial charge on any atom is -0.341 e. The lowest BCUT2D eigenvalue weighted by Gasteiger charge is -2.22. The number of carbonyl (C=O) groups is 1. The van der Waals surface area contributed by atoms with Crippen LogP contribution in [0.25, 0.3) is 0 Å². The maximum atomic E-state index is 13.9. The molecule has 2 aromatic carbocycles. The standard InChI is InChI=1S/C20H22F2N2O.ClH/c21-17-7-4-8-18(22)19(17)15-13-16(15)20(25)24(12-10-23)11-9-14-5-2-1-3-6-14;/h1-8,15-16H,9-13,23H2;1H. The normalized spacial score (nSPS) is 18.1. The zero-order valence-corrected chi connectivity index (χ0v) is 15.2. The van der Waals surface area contributed by atoms with Crippen molar-refractivity contribution in [1.82, 2.24) is 4.90 Å². The van der Waals surface area contributed by atoms with E-state index >= 15 is 0 Å². The van der Waals surface area contributed by atoms with Gasteiger partial charge in [0.1, 0.15) is 11.6 Å². The molecule has 0 radical (unpaired) electrons. The summed E-state index contributed by atoms with van der Waals surface area (Å²) in [7, 11) is 0. The second-order valence-corrected chi connectivity index (χ2v) is 6.43. The summed E-state index contributed by atoms with van der Waals surface area (Å²) in [4.78, 5) is 14.5. The van der Waals surface area contributed by atoms with Crippen molar-refractivity contribution in [3.63, 3.8) is 0 Å². The largest absolute Gasteiger partial charge is 0.341 e. The van der Waals surface area contributed by atoms with E-state index in [0.29, 0.717) is 26.1 Å². The van der Waals surface area contributed by atoms with Gasteiger partial charge in [-0.15, -0.1) is 12.4 Å². The molecule has 1 aliphatic rings. The van der Waals surface area contributed by atoms with Crippen LogP contribution in [0, 0.1) is 17.6 Å². The van der Waals surface area contributed by atoms with Gasteiger partial charge < -0.3 is 10.6 Å². The van der Waals surface area contributed by atoms with Crippen molar-refractivity contribution in [1.29, 1.82) is 0 Å². The quantitative estimate of drug-likeness (QED) is 0.798. The highest BCUT2D eigenvalue weighted by molar-refractivity contribution is 5.85. The van der Waals surface area contributed by atoms with E-state index < -0.39 is 11.6 Å². The zero-order valence-electron chi connectivity index (χ0n) is 14.4. The summed E-state index contributed by atoms with van der Waals surface area (Å²) in [6, 6.07) is 13.7. The number of rotatable bonds is 7. The third kappa shape index (κ3) is 4.59. The molecular weight excluding hydrogens is 358 g/mol. The van der Waals surface area contributed by atoms with E-state index in [1.165, 1.54) is 18.2 Å². The van der Waals surface area contributed by atoms with Gasteiger partial charge in [-0.3, -0.25) is 4.79 Å². The van der Waals surface area contributed by atoms with E-state index in [9.17, 15) is 13.6 Å². The first-order valence-electron chi connectivity index (χ1n) is 8.58. The lowest BCUT2D eigenvalue weighted by molar-refractivity contribution is -0.132. The highest BCUT2D eigenvalue weighted by atomic mass is 35.5. The molecule has 0 aliphatic heterocycles. The van der Waals surface area contributed by atoms with Crippen molar-refractivity contribution >= 4 is 18.3 Å². The molecule has 2 N–H and O–H groups in total. The minimum atomic E-state index is -0.574. The molecule has 1 aliphatic carbocycles. The summed E-state index contributed by atoms with van der Waals surface area (Å²) in [6.07, 6.45) is 1.22. The van der Waals surface area contributed by atoms with Crippen molar-refractivity contribution in [2.45, 2.75) is 18.8 Å². The molecule has 0 bridgehead atoms. The fourth-order valence-corrected chi connectivity index (χ4v) is 3.28. The molecule has 3 rings (SSSR count). The number of hydrogen-bond donors (Lipinski definition) is 1. The number of halogens is 3. The van der Waals surface area contributed by atoms with Gasteiger partial charge in [0.15, 0.2) is 0 Å². The molecule has 1 amide bonds. The molecule has 26 heavy (non-hydrogen) atoms. The topological polar surface area (TPSA) is 46.3 Å². The van der Waals surface area contributed by atoms with E-state index in [0.717, 1.165) is 12.0 Å². The Morgan fingerprint density at radius 1 is 1.04 bits per heavy atom. The number of carbonyl (C=O) groups excluding carboxylic acids is 1. The number of nitrogens with two attached hydrogens (primary N) is 1. The molecule has 0 heterocycles. The van der Waals surface area contributed by atoms with Gasteiger partial charge in [-0.05, 0) is 30.5 Å². The van der Waals surface area contributed by atoms with Gasteiger partial charge in [0.25, 0.3) is 0 Å². The maximum absolute atomic E-state index is 13.9. The van der Waals surface area contributed by atoms with Gasteiger partial charge in [0.05, 0.1) is 0 Å². The molecule has 0 aromatic heterocycles. The summed E-state index contributed by atoms with van der Waals surface area (Å²) < 4.78 is 27.8. The molecule has 2 aromatic rings. The number of amides is 1. The summed E-state index contributed by atoms with van der Waals surface area (Å²) >= 11 is 0. The van der Waals surface area contributed by atoms with E-state index in [2.05, 4.69) is 0 Å². The number of benzene rings is 2. The Bertz CT molecular complexity index is 722. The molecule has 0 spiro atoms. The first-order chi connectivity index (χ1) is 12.1. The van der Waals surface area contributed by atoms with Crippen molar-refractivity contribution in [2.24, 2.45) is 11.7 Å². The van der Waals surface area contributed by atoms with Crippen LogP contribution in [0.1, 0.15) is 23.5 Å². The summed E-state index contributed by atoms with van der Waals surface area (Å²) in [5.41, 5.74) is 6.82. The van der Waals surface area contributed by atoms with Crippen molar-refractivity contribution in [2.75, 3.05) is 19.6 Å². The summed E-state index contributed by atoms with van der Waals surface area (Å²) in [6.45, 7) is 1.38. The number of hydrogen-bond acceptors (Lipinski definition) is 2. The summed E-state index contributed by atoms with van der Waals surface area (Å²) in [5.74, 6) is -1.93. The Labute approximate surface area is 158 Å². The molecule has 2 atom stereocenters. The molecule has 140 valence electrons. The Morgan fingerprint density at radius 3 is 2.31 bits per heavy atom. The molecule has 3 nitrogen and oxygen atoms in total. The van der Waals surface area contributed by atoms with Crippen LogP contribution in [0.4, 0.5) is 8.78 Å². The van der Waals surface area contributed by atoms with Crippen LogP contribution in [0.3, 0.4) is 0 Å². The van der Waals surface area contributed by atoms with E-state index in [1.807, 2.05) is 30.3 Å². The Morgan fingerprint density at radius 2 is 1.69 bits per heavy atom. The van der Waals surface area contributed by atoms with Gasteiger partial charge >= 0.3 is 0 Å². The fraction of sp³-hybridized carbons (Fsp3) is 0.350. The Hall–Kier alpha value is -1.98. The third-order valence-electron chi connectivity index (χ3n) is 4.70. The van der Waals surface area contributed by atoms with Crippen LogP contribution in [-0.4, -0.2) is 30.4 Å². The van der Waals surface area contributed by atoms with E-state index in [-0.39, 0.29) is 35.7 Å². The first-order valence-corrected chi connectivity index (χ1v) is 8.58. The predicted octanol–water partition coefficient (Wildman–Crippen LogP) is 3.52.